The normalized spacial score (nSPS) is 16.3. The minimum Gasteiger partial charge on any atom is -0.384 e. The molecule has 5 N–H and O–H groups in total. The first-order chi connectivity index (χ1) is 13.4. The Morgan fingerprint density at radius 3 is 2.59 bits per heavy atom. The molecule has 0 bridgehead atoms. The zero-order valence-electron chi connectivity index (χ0n) is 15.8. The number of hydrogen-bond donors (Lipinski definition) is 4. The van der Waals surface area contributed by atoms with Gasteiger partial charge >= 0.3 is 6.03 Å². The SMILES string of the molecule is CC(C)(NC(=O)N1CCN/C(=C(\C(=N)c2ccc(F)c(Cl)c2)C(N)=O)C1)C(F)F. The molecule has 1 aromatic rings. The molecule has 0 saturated carbocycles. The number of benzene rings is 1. The number of nitrogens with one attached hydrogen (secondary N) is 3. The lowest BCUT2D eigenvalue weighted by atomic mass is 9.99. The van der Waals surface area contributed by atoms with E-state index >= 15 is 0 Å². The number of alkyl halides is 2. The Morgan fingerprint density at radius 2 is 2.03 bits per heavy atom. The number of piperazine rings is 1. The molecule has 11 heteroatoms. The average molecular weight is 432 g/mol. The zero-order chi connectivity index (χ0) is 21.9. The van der Waals surface area contributed by atoms with Crippen LogP contribution in [0.5, 0.6) is 0 Å². The molecule has 1 aromatic carbocycles. The van der Waals surface area contributed by atoms with Crippen molar-refractivity contribution in [2.75, 3.05) is 19.6 Å². The van der Waals surface area contributed by atoms with Gasteiger partial charge in [-0.1, -0.05) is 11.6 Å². The number of amides is 3. The summed E-state index contributed by atoms with van der Waals surface area (Å²) in [5, 5.41) is 13.2. The third-order valence-electron chi connectivity index (χ3n) is 4.34. The van der Waals surface area contributed by atoms with Crippen LogP contribution in [-0.4, -0.2) is 54.1 Å². The van der Waals surface area contributed by atoms with Crippen molar-refractivity contribution in [3.8, 4) is 0 Å². The minimum atomic E-state index is -2.78. The Kier molecular flexibility index (Phi) is 6.78. The number of carbonyl (C=O) groups is 2. The number of carbonyl (C=O) groups excluding carboxylic acids is 2. The fourth-order valence-electron chi connectivity index (χ4n) is 2.64. The Bertz CT molecular complexity index is 873. The van der Waals surface area contributed by atoms with E-state index in [-0.39, 0.29) is 47.2 Å². The van der Waals surface area contributed by atoms with E-state index in [1.165, 1.54) is 30.9 Å². The van der Waals surface area contributed by atoms with Crippen LogP contribution in [0.15, 0.2) is 29.5 Å². The lowest BCUT2D eigenvalue weighted by Gasteiger charge is -2.34. The highest BCUT2D eigenvalue weighted by Gasteiger charge is 2.34. The maximum atomic E-state index is 13.4. The van der Waals surface area contributed by atoms with Gasteiger partial charge in [-0.2, -0.15) is 0 Å². The lowest BCUT2D eigenvalue weighted by Crippen LogP contribution is -2.57. The molecule has 0 aliphatic carbocycles. The first-order valence-corrected chi connectivity index (χ1v) is 8.98. The van der Waals surface area contributed by atoms with Crippen LogP contribution in [0.1, 0.15) is 19.4 Å². The first-order valence-electron chi connectivity index (χ1n) is 8.60. The molecular weight excluding hydrogens is 411 g/mol. The molecule has 0 unspecified atom stereocenters. The van der Waals surface area contributed by atoms with Crippen molar-refractivity contribution in [3.63, 3.8) is 0 Å². The van der Waals surface area contributed by atoms with E-state index in [1.807, 2.05) is 0 Å². The summed E-state index contributed by atoms with van der Waals surface area (Å²) in [6, 6.07) is 2.76. The molecule has 1 aliphatic heterocycles. The number of halogens is 4. The Balaban J connectivity index is 2.31. The molecule has 0 atom stereocenters. The molecule has 1 saturated heterocycles. The molecule has 1 fully saturated rings. The third kappa shape index (κ3) is 5.20. The van der Waals surface area contributed by atoms with Crippen molar-refractivity contribution in [2.45, 2.75) is 25.8 Å². The topological polar surface area (TPSA) is 111 Å². The molecule has 2 rings (SSSR count). The third-order valence-corrected chi connectivity index (χ3v) is 4.63. The fraction of sp³-hybridized carbons (Fsp3) is 0.389. The van der Waals surface area contributed by atoms with E-state index in [1.54, 1.807) is 0 Å². The van der Waals surface area contributed by atoms with Gasteiger partial charge in [-0.15, -0.1) is 0 Å². The maximum absolute atomic E-state index is 13.4. The van der Waals surface area contributed by atoms with E-state index in [4.69, 9.17) is 22.7 Å². The van der Waals surface area contributed by atoms with Gasteiger partial charge < -0.3 is 21.3 Å². The lowest BCUT2D eigenvalue weighted by molar-refractivity contribution is -0.114. The summed E-state index contributed by atoms with van der Waals surface area (Å²) >= 11 is 5.74. The van der Waals surface area contributed by atoms with Crippen molar-refractivity contribution in [3.05, 3.63) is 45.9 Å². The molecule has 1 heterocycles. The van der Waals surface area contributed by atoms with E-state index in [2.05, 4.69) is 10.6 Å². The quantitative estimate of drug-likeness (QED) is 0.423. The first kappa shape index (κ1) is 22.5. The second-order valence-corrected chi connectivity index (χ2v) is 7.43. The van der Waals surface area contributed by atoms with Crippen LogP contribution in [0.3, 0.4) is 0 Å². The highest BCUT2D eigenvalue weighted by atomic mass is 35.5. The van der Waals surface area contributed by atoms with Gasteiger partial charge in [-0.25, -0.2) is 18.0 Å². The predicted molar refractivity (Wildman–Crippen MR) is 103 cm³/mol. The van der Waals surface area contributed by atoms with Crippen LogP contribution in [-0.2, 0) is 4.79 Å². The number of urea groups is 1. The number of hydrogen-bond acceptors (Lipinski definition) is 4. The number of primary amides is 1. The smallest absolute Gasteiger partial charge is 0.318 e. The molecule has 158 valence electrons. The van der Waals surface area contributed by atoms with Crippen LogP contribution >= 0.6 is 11.6 Å². The largest absolute Gasteiger partial charge is 0.384 e. The molecule has 7 nitrogen and oxygen atoms in total. The zero-order valence-corrected chi connectivity index (χ0v) is 16.5. The molecule has 29 heavy (non-hydrogen) atoms. The van der Waals surface area contributed by atoms with Gasteiger partial charge in [0.25, 0.3) is 12.3 Å². The monoisotopic (exact) mass is 431 g/mol. The number of nitrogens with two attached hydrogens (primary N) is 1. The summed E-state index contributed by atoms with van der Waals surface area (Å²) < 4.78 is 39.4. The molecule has 0 aromatic heterocycles. The predicted octanol–water partition coefficient (Wildman–Crippen LogP) is 2.24. The summed E-state index contributed by atoms with van der Waals surface area (Å²) in [6.45, 7) is 2.64. The molecule has 0 spiro atoms. The van der Waals surface area contributed by atoms with Crippen molar-refractivity contribution in [2.24, 2.45) is 5.73 Å². The van der Waals surface area contributed by atoms with Gasteiger partial charge in [0.15, 0.2) is 0 Å². The van der Waals surface area contributed by atoms with Crippen LogP contribution < -0.4 is 16.4 Å². The molecule has 0 radical (unpaired) electrons. The molecule has 3 amide bonds. The Morgan fingerprint density at radius 1 is 1.38 bits per heavy atom. The average Bonchev–Trinajstić information content (AvgIpc) is 2.63. The van der Waals surface area contributed by atoms with Crippen molar-refractivity contribution in [1.82, 2.24) is 15.5 Å². The van der Waals surface area contributed by atoms with Crippen molar-refractivity contribution < 1.29 is 22.8 Å². The van der Waals surface area contributed by atoms with Gasteiger partial charge in [-0.3, -0.25) is 10.2 Å². The molecule has 1 aliphatic rings. The minimum absolute atomic E-state index is 0.152. The van der Waals surface area contributed by atoms with Crippen molar-refractivity contribution in [1.29, 1.82) is 5.41 Å². The highest BCUT2D eigenvalue weighted by Crippen LogP contribution is 2.21. The van der Waals surface area contributed by atoms with Gasteiger partial charge in [-0.05, 0) is 32.0 Å². The summed E-state index contributed by atoms with van der Waals surface area (Å²) in [6.07, 6.45) is -2.78. The maximum Gasteiger partial charge on any atom is 0.318 e. The standard InChI is InChI=1S/C18H21ClF3N5O2/c1-18(2,16(21)22)26-17(29)27-6-5-25-12(8-27)13(15(24)28)14(23)9-3-4-11(20)10(19)7-9/h3-4,7,16,23,25H,5-6,8H2,1-2H3,(H2,24,28)(H,26,29)/b13-12+,23-14?. The summed E-state index contributed by atoms with van der Waals surface area (Å²) in [7, 11) is 0. The Labute approximate surface area is 170 Å². The second kappa shape index (κ2) is 8.73. The van der Waals surface area contributed by atoms with Gasteiger partial charge in [0.2, 0.25) is 0 Å². The second-order valence-electron chi connectivity index (χ2n) is 7.02. The number of nitrogens with zero attached hydrogens (tertiary/aromatic N) is 1. The Hall–Kier alpha value is -2.75. The van der Waals surface area contributed by atoms with Gasteiger partial charge in [0.05, 0.1) is 28.4 Å². The summed E-state index contributed by atoms with van der Waals surface area (Å²) in [5.41, 5.74) is 3.51. The summed E-state index contributed by atoms with van der Waals surface area (Å²) in [4.78, 5) is 25.6. The number of rotatable bonds is 5. The molecular formula is C18H21ClF3N5O2. The van der Waals surface area contributed by atoms with Gasteiger partial charge in [0, 0.05) is 24.4 Å². The van der Waals surface area contributed by atoms with E-state index in [9.17, 15) is 22.8 Å². The fourth-order valence-corrected chi connectivity index (χ4v) is 2.82. The van der Waals surface area contributed by atoms with E-state index in [0.29, 0.717) is 0 Å². The van der Waals surface area contributed by atoms with Crippen LogP contribution in [0.25, 0.3) is 0 Å². The van der Waals surface area contributed by atoms with E-state index < -0.39 is 29.7 Å². The van der Waals surface area contributed by atoms with Crippen LogP contribution in [0, 0.1) is 11.2 Å². The van der Waals surface area contributed by atoms with Gasteiger partial charge in [0.1, 0.15) is 5.82 Å². The van der Waals surface area contributed by atoms with E-state index in [0.717, 1.165) is 6.07 Å². The highest BCUT2D eigenvalue weighted by molar-refractivity contribution is 6.32. The summed E-state index contributed by atoms with van der Waals surface area (Å²) in [5.74, 6) is -1.62. The van der Waals surface area contributed by atoms with Crippen LogP contribution in [0.2, 0.25) is 5.02 Å². The van der Waals surface area contributed by atoms with Crippen LogP contribution in [0.4, 0.5) is 18.0 Å². The van der Waals surface area contributed by atoms with Crippen molar-refractivity contribution >= 4 is 29.3 Å².